The highest BCUT2D eigenvalue weighted by Gasteiger charge is 2.08. The van der Waals surface area contributed by atoms with E-state index in [9.17, 15) is 9.18 Å². The fraction of sp³-hybridized carbons (Fsp3) is 0.412. The van der Waals surface area contributed by atoms with Crippen molar-refractivity contribution in [3.63, 3.8) is 0 Å². The van der Waals surface area contributed by atoms with Gasteiger partial charge in [0, 0.05) is 24.8 Å². The second-order valence-corrected chi connectivity index (χ2v) is 6.45. The van der Waals surface area contributed by atoms with Gasteiger partial charge in [0.25, 0.3) is 0 Å². The number of amides is 1. The van der Waals surface area contributed by atoms with E-state index < -0.39 is 0 Å². The Bertz CT molecular complexity index is 625. The van der Waals surface area contributed by atoms with Crippen LogP contribution >= 0.6 is 11.3 Å². The normalized spacial score (nSPS) is 10.9. The van der Waals surface area contributed by atoms with E-state index in [1.54, 1.807) is 29.5 Å². The van der Waals surface area contributed by atoms with Crippen LogP contribution in [-0.4, -0.2) is 17.4 Å². The van der Waals surface area contributed by atoms with E-state index in [2.05, 4.69) is 29.5 Å². The van der Waals surface area contributed by atoms with Crippen molar-refractivity contribution in [3.8, 4) is 0 Å². The van der Waals surface area contributed by atoms with Gasteiger partial charge >= 0.3 is 0 Å². The smallest absolute Gasteiger partial charge is 0.220 e. The number of carbonyl (C=O) groups is 1. The minimum atomic E-state index is -0.222. The van der Waals surface area contributed by atoms with Gasteiger partial charge in [-0.2, -0.15) is 0 Å². The highest BCUT2D eigenvalue weighted by atomic mass is 32.1. The number of nitrogens with zero attached hydrogens (tertiary/aromatic N) is 1. The summed E-state index contributed by atoms with van der Waals surface area (Å²) in [5.41, 5.74) is 1.71. The molecule has 2 rings (SSSR count). The van der Waals surface area contributed by atoms with Crippen LogP contribution in [0.5, 0.6) is 0 Å². The first-order valence-electron chi connectivity index (χ1n) is 7.50. The van der Waals surface area contributed by atoms with Gasteiger partial charge in [-0.15, -0.1) is 11.3 Å². The molecule has 118 valence electrons. The van der Waals surface area contributed by atoms with Crippen molar-refractivity contribution in [2.45, 2.75) is 39.0 Å². The van der Waals surface area contributed by atoms with Crippen LogP contribution in [0.25, 0.3) is 0 Å². The zero-order chi connectivity index (χ0) is 15.9. The van der Waals surface area contributed by atoms with Crippen molar-refractivity contribution < 1.29 is 9.18 Å². The lowest BCUT2D eigenvalue weighted by molar-refractivity contribution is -0.121. The molecule has 5 heteroatoms. The van der Waals surface area contributed by atoms with Gasteiger partial charge in [-0.05, 0) is 24.0 Å². The summed E-state index contributed by atoms with van der Waals surface area (Å²) < 4.78 is 13.4. The molecule has 0 atom stereocenters. The van der Waals surface area contributed by atoms with Gasteiger partial charge < -0.3 is 5.32 Å². The second kappa shape index (κ2) is 8.03. The molecule has 0 fully saturated rings. The molecule has 1 heterocycles. The number of carbonyl (C=O) groups excluding carboxylic acids is 1. The van der Waals surface area contributed by atoms with Gasteiger partial charge in [0.2, 0.25) is 5.91 Å². The summed E-state index contributed by atoms with van der Waals surface area (Å²) in [6.45, 7) is 4.66. The van der Waals surface area contributed by atoms with E-state index in [-0.39, 0.29) is 11.7 Å². The first kappa shape index (κ1) is 16.6. The molecule has 0 spiro atoms. The second-order valence-electron chi connectivity index (χ2n) is 5.51. The quantitative estimate of drug-likeness (QED) is 0.845. The van der Waals surface area contributed by atoms with Crippen LogP contribution in [0.4, 0.5) is 4.39 Å². The van der Waals surface area contributed by atoms with Crippen molar-refractivity contribution in [2.24, 2.45) is 0 Å². The molecule has 1 aromatic heterocycles. The van der Waals surface area contributed by atoms with Gasteiger partial charge in [-0.1, -0.05) is 32.0 Å². The maximum atomic E-state index is 13.4. The summed E-state index contributed by atoms with van der Waals surface area (Å²) in [7, 11) is 0. The highest BCUT2D eigenvalue weighted by Crippen LogP contribution is 2.18. The molecule has 0 saturated carbocycles. The third kappa shape index (κ3) is 4.91. The van der Waals surface area contributed by atoms with Crippen LogP contribution in [0, 0.1) is 5.82 Å². The molecule has 2 aromatic rings. The van der Waals surface area contributed by atoms with Gasteiger partial charge in [0.05, 0.1) is 10.7 Å². The highest BCUT2D eigenvalue weighted by molar-refractivity contribution is 7.09. The van der Waals surface area contributed by atoms with Crippen molar-refractivity contribution in [3.05, 3.63) is 51.7 Å². The molecule has 0 unspecified atom stereocenters. The molecule has 1 aromatic carbocycles. The third-order valence-electron chi connectivity index (χ3n) is 3.40. The Morgan fingerprint density at radius 2 is 2.09 bits per heavy atom. The Hall–Kier alpha value is -1.75. The number of thiazole rings is 1. The SMILES string of the molecule is CC(C)c1csc(CCC(=O)NCCc2ccccc2F)n1. The lowest BCUT2D eigenvalue weighted by Gasteiger charge is -2.05. The molecule has 1 N–H and O–H groups in total. The fourth-order valence-electron chi connectivity index (χ4n) is 2.05. The van der Waals surface area contributed by atoms with E-state index in [1.165, 1.54) is 6.07 Å². The number of rotatable bonds is 7. The molecule has 0 bridgehead atoms. The molecule has 0 radical (unpaired) electrons. The summed E-state index contributed by atoms with van der Waals surface area (Å²) in [5, 5.41) is 5.87. The number of halogens is 1. The molecule has 1 amide bonds. The number of aryl methyl sites for hydroxylation is 1. The Labute approximate surface area is 134 Å². The van der Waals surface area contributed by atoms with Crippen LogP contribution < -0.4 is 5.32 Å². The molecule has 0 aliphatic carbocycles. The van der Waals surface area contributed by atoms with Crippen molar-refractivity contribution >= 4 is 17.2 Å². The Morgan fingerprint density at radius 3 is 2.77 bits per heavy atom. The van der Waals surface area contributed by atoms with E-state index in [4.69, 9.17) is 0 Å². The Kier molecular flexibility index (Phi) is 6.07. The predicted molar refractivity (Wildman–Crippen MR) is 87.6 cm³/mol. The summed E-state index contributed by atoms with van der Waals surface area (Å²) in [6.07, 6.45) is 1.58. The standard InChI is InChI=1S/C17H21FN2OS/c1-12(2)15-11-22-17(20-15)8-7-16(21)19-10-9-13-5-3-4-6-14(13)18/h3-6,11-12H,7-10H2,1-2H3,(H,19,21). The van der Waals surface area contributed by atoms with Crippen LogP contribution in [0.15, 0.2) is 29.6 Å². The largest absolute Gasteiger partial charge is 0.356 e. The zero-order valence-electron chi connectivity index (χ0n) is 12.9. The molecule has 3 nitrogen and oxygen atoms in total. The average Bonchev–Trinajstić information content (AvgIpc) is 2.96. The summed E-state index contributed by atoms with van der Waals surface area (Å²) in [4.78, 5) is 16.3. The monoisotopic (exact) mass is 320 g/mol. The van der Waals surface area contributed by atoms with Gasteiger partial charge in [0.1, 0.15) is 5.82 Å². The van der Waals surface area contributed by atoms with Crippen LogP contribution in [0.2, 0.25) is 0 Å². The van der Waals surface area contributed by atoms with Crippen molar-refractivity contribution in [1.82, 2.24) is 10.3 Å². The molecule has 22 heavy (non-hydrogen) atoms. The van der Waals surface area contributed by atoms with Gasteiger partial charge in [0.15, 0.2) is 0 Å². The van der Waals surface area contributed by atoms with E-state index in [1.807, 2.05) is 0 Å². The van der Waals surface area contributed by atoms with Gasteiger partial charge in [-0.25, -0.2) is 9.37 Å². The third-order valence-corrected chi connectivity index (χ3v) is 4.33. The lowest BCUT2D eigenvalue weighted by Crippen LogP contribution is -2.26. The van der Waals surface area contributed by atoms with Crippen molar-refractivity contribution in [2.75, 3.05) is 6.54 Å². The van der Waals surface area contributed by atoms with E-state index in [0.29, 0.717) is 37.3 Å². The minimum absolute atomic E-state index is 0.0161. The topological polar surface area (TPSA) is 42.0 Å². The zero-order valence-corrected chi connectivity index (χ0v) is 13.8. The summed E-state index contributed by atoms with van der Waals surface area (Å²) in [6, 6.07) is 6.64. The maximum Gasteiger partial charge on any atom is 0.220 e. The van der Waals surface area contributed by atoms with Crippen molar-refractivity contribution in [1.29, 1.82) is 0 Å². The molecule has 0 aliphatic rings. The number of hydrogen-bond donors (Lipinski definition) is 1. The number of benzene rings is 1. The summed E-state index contributed by atoms with van der Waals surface area (Å²) >= 11 is 1.60. The van der Waals surface area contributed by atoms with Gasteiger partial charge in [-0.3, -0.25) is 4.79 Å². The Balaban J connectivity index is 1.70. The number of aromatic nitrogens is 1. The van der Waals surface area contributed by atoms with Crippen LogP contribution in [0.3, 0.4) is 0 Å². The first-order valence-corrected chi connectivity index (χ1v) is 8.38. The maximum absolute atomic E-state index is 13.4. The molecular weight excluding hydrogens is 299 g/mol. The average molecular weight is 320 g/mol. The minimum Gasteiger partial charge on any atom is -0.356 e. The number of nitrogens with one attached hydrogen (secondary N) is 1. The van der Waals surface area contributed by atoms with Crippen LogP contribution in [-0.2, 0) is 17.6 Å². The van der Waals surface area contributed by atoms with E-state index in [0.717, 1.165) is 10.7 Å². The predicted octanol–water partition coefficient (Wildman–Crippen LogP) is 3.70. The lowest BCUT2D eigenvalue weighted by atomic mass is 10.1. The van der Waals surface area contributed by atoms with E-state index >= 15 is 0 Å². The summed E-state index contributed by atoms with van der Waals surface area (Å²) in [5.74, 6) is 0.179. The fourth-order valence-corrected chi connectivity index (χ4v) is 3.01. The Morgan fingerprint density at radius 1 is 1.32 bits per heavy atom. The molecule has 0 saturated heterocycles. The number of hydrogen-bond acceptors (Lipinski definition) is 3. The molecular formula is C17H21FN2OS. The first-order chi connectivity index (χ1) is 10.6. The van der Waals surface area contributed by atoms with Crippen LogP contribution in [0.1, 0.15) is 42.5 Å². The molecule has 0 aliphatic heterocycles.